The molecular formula is C18H24FN5O2. The maximum absolute atomic E-state index is 12.9. The monoisotopic (exact) mass is 361 g/mol. The molecule has 2 aromatic rings. The molecule has 1 amide bonds. The molecule has 1 fully saturated rings. The largest absolute Gasteiger partial charge is 0.381 e. The van der Waals surface area contributed by atoms with Gasteiger partial charge in [-0.25, -0.2) is 4.39 Å². The van der Waals surface area contributed by atoms with Gasteiger partial charge in [0.25, 0.3) is 0 Å². The van der Waals surface area contributed by atoms with E-state index in [1.807, 2.05) is 0 Å². The Morgan fingerprint density at radius 1 is 1.27 bits per heavy atom. The highest BCUT2D eigenvalue weighted by atomic mass is 19.1. The van der Waals surface area contributed by atoms with Crippen LogP contribution < -0.4 is 5.32 Å². The predicted octanol–water partition coefficient (Wildman–Crippen LogP) is 2.33. The number of carbonyl (C=O) groups is 1. The number of nitrogens with zero attached hydrogens (tertiary/aromatic N) is 4. The molecule has 1 N–H and O–H groups in total. The van der Waals surface area contributed by atoms with Gasteiger partial charge in [0.15, 0.2) is 0 Å². The average molecular weight is 361 g/mol. The van der Waals surface area contributed by atoms with Crippen LogP contribution in [0.1, 0.15) is 38.5 Å². The SMILES string of the molecule is COC1CCC(NC(=O)CCCn2nnc(-c3ccc(F)cc3)n2)CC1. The molecule has 1 saturated carbocycles. The second kappa shape index (κ2) is 8.84. The highest BCUT2D eigenvalue weighted by Gasteiger charge is 2.21. The topological polar surface area (TPSA) is 81.9 Å². The molecule has 7 nitrogen and oxygen atoms in total. The second-order valence-electron chi connectivity index (χ2n) is 6.60. The number of carbonyl (C=O) groups excluding carboxylic acids is 1. The second-order valence-corrected chi connectivity index (χ2v) is 6.60. The van der Waals surface area contributed by atoms with Crippen LogP contribution in [0.4, 0.5) is 4.39 Å². The summed E-state index contributed by atoms with van der Waals surface area (Å²) in [7, 11) is 1.74. The van der Waals surface area contributed by atoms with Gasteiger partial charge in [-0.15, -0.1) is 10.2 Å². The third-order valence-electron chi connectivity index (χ3n) is 4.69. The van der Waals surface area contributed by atoms with Gasteiger partial charge in [-0.3, -0.25) is 4.79 Å². The van der Waals surface area contributed by atoms with Crippen LogP contribution in [0.3, 0.4) is 0 Å². The van der Waals surface area contributed by atoms with Crippen LogP contribution >= 0.6 is 0 Å². The van der Waals surface area contributed by atoms with Crippen LogP contribution in [-0.4, -0.2) is 45.4 Å². The van der Waals surface area contributed by atoms with Crippen molar-refractivity contribution >= 4 is 5.91 Å². The molecule has 0 unspecified atom stereocenters. The minimum atomic E-state index is -0.303. The first-order chi connectivity index (χ1) is 12.6. The number of nitrogens with one attached hydrogen (secondary N) is 1. The van der Waals surface area contributed by atoms with Crippen molar-refractivity contribution in [3.05, 3.63) is 30.1 Å². The summed E-state index contributed by atoms with van der Waals surface area (Å²) in [6.45, 7) is 0.512. The fourth-order valence-electron chi connectivity index (χ4n) is 3.18. The first kappa shape index (κ1) is 18.4. The number of aromatic nitrogens is 4. The van der Waals surface area contributed by atoms with Crippen molar-refractivity contribution in [3.8, 4) is 11.4 Å². The molecule has 26 heavy (non-hydrogen) atoms. The molecule has 140 valence electrons. The van der Waals surface area contributed by atoms with Gasteiger partial charge in [0.05, 0.1) is 12.6 Å². The predicted molar refractivity (Wildman–Crippen MR) is 93.6 cm³/mol. The maximum atomic E-state index is 12.9. The van der Waals surface area contributed by atoms with Crippen molar-refractivity contribution in [1.29, 1.82) is 0 Å². The molecule has 0 atom stereocenters. The number of amides is 1. The van der Waals surface area contributed by atoms with E-state index < -0.39 is 0 Å². The van der Waals surface area contributed by atoms with Crippen molar-refractivity contribution in [2.45, 2.75) is 57.2 Å². The van der Waals surface area contributed by atoms with Crippen molar-refractivity contribution in [2.24, 2.45) is 0 Å². The molecule has 0 spiro atoms. The first-order valence-corrected chi connectivity index (χ1v) is 9.00. The maximum Gasteiger partial charge on any atom is 0.220 e. The summed E-state index contributed by atoms with van der Waals surface area (Å²) in [6.07, 6.45) is 5.33. The Labute approximate surface area is 151 Å². The molecule has 1 aromatic heterocycles. The summed E-state index contributed by atoms with van der Waals surface area (Å²) in [5.74, 6) is 0.206. The zero-order valence-electron chi connectivity index (χ0n) is 14.9. The molecular weight excluding hydrogens is 337 g/mol. The Kier molecular flexibility index (Phi) is 6.27. The van der Waals surface area contributed by atoms with Crippen LogP contribution in [0, 0.1) is 5.82 Å². The van der Waals surface area contributed by atoms with Gasteiger partial charge in [0, 0.05) is 25.1 Å². The quantitative estimate of drug-likeness (QED) is 0.818. The summed E-state index contributed by atoms with van der Waals surface area (Å²) in [6, 6.07) is 6.20. The molecule has 0 bridgehead atoms. The van der Waals surface area contributed by atoms with Crippen LogP contribution in [0.15, 0.2) is 24.3 Å². The van der Waals surface area contributed by atoms with E-state index in [1.165, 1.54) is 16.9 Å². The molecule has 1 aliphatic rings. The van der Waals surface area contributed by atoms with Crippen molar-refractivity contribution in [3.63, 3.8) is 0 Å². The number of benzene rings is 1. The number of hydrogen-bond acceptors (Lipinski definition) is 5. The van der Waals surface area contributed by atoms with Gasteiger partial charge in [0.1, 0.15) is 5.82 Å². The molecule has 1 aromatic carbocycles. The standard InChI is InChI=1S/C18H24FN5O2/c1-26-16-10-8-15(9-11-16)20-17(25)3-2-12-24-22-18(21-23-24)13-4-6-14(19)7-5-13/h4-7,15-16H,2-3,8-12H2,1H3,(H,20,25). The minimum Gasteiger partial charge on any atom is -0.381 e. The smallest absolute Gasteiger partial charge is 0.220 e. The number of methoxy groups -OCH3 is 1. The van der Waals surface area contributed by atoms with E-state index in [0.29, 0.717) is 36.9 Å². The van der Waals surface area contributed by atoms with Crippen LogP contribution in [0.5, 0.6) is 0 Å². The Morgan fingerprint density at radius 3 is 2.69 bits per heavy atom. The Hall–Kier alpha value is -2.35. The first-order valence-electron chi connectivity index (χ1n) is 9.00. The lowest BCUT2D eigenvalue weighted by Gasteiger charge is -2.28. The van der Waals surface area contributed by atoms with Gasteiger partial charge in [-0.2, -0.15) is 4.80 Å². The zero-order valence-corrected chi connectivity index (χ0v) is 14.9. The third kappa shape index (κ3) is 5.08. The summed E-state index contributed by atoms with van der Waals surface area (Å²) >= 11 is 0. The lowest BCUT2D eigenvalue weighted by atomic mass is 9.93. The highest BCUT2D eigenvalue weighted by Crippen LogP contribution is 2.20. The van der Waals surface area contributed by atoms with Gasteiger partial charge in [-0.05, 0) is 61.6 Å². The highest BCUT2D eigenvalue weighted by molar-refractivity contribution is 5.76. The van der Waals surface area contributed by atoms with Gasteiger partial charge in [0.2, 0.25) is 11.7 Å². The normalized spacial score (nSPS) is 20.1. The van der Waals surface area contributed by atoms with E-state index in [-0.39, 0.29) is 17.8 Å². The number of aryl methyl sites for hydroxylation is 1. The molecule has 1 aliphatic carbocycles. The van der Waals surface area contributed by atoms with E-state index in [9.17, 15) is 9.18 Å². The molecule has 1 heterocycles. The van der Waals surface area contributed by atoms with E-state index in [2.05, 4.69) is 20.7 Å². The number of hydrogen-bond donors (Lipinski definition) is 1. The Bertz CT molecular complexity index is 711. The van der Waals surface area contributed by atoms with Crippen LogP contribution in [0.25, 0.3) is 11.4 Å². The molecule has 8 heteroatoms. The van der Waals surface area contributed by atoms with E-state index >= 15 is 0 Å². The minimum absolute atomic E-state index is 0.0599. The lowest BCUT2D eigenvalue weighted by Crippen LogP contribution is -2.38. The van der Waals surface area contributed by atoms with Gasteiger partial charge in [-0.1, -0.05) is 0 Å². The number of ether oxygens (including phenoxy) is 1. The van der Waals surface area contributed by atoms with Gasteiger partial charge < -0.3 is 10.1 Å². The molecule has 0 saturated heterocycles. The van der Waals surface area contributed by atoms with Crippen molar-refractivity contribution in [2.75, 3.05) is 7.11 Å². The van der Waals surface area contributed by atoms with Crippen LogP contribution in [-0.2, 0) is 16.1 Å². The van der Waals surface area contributed by atoms with Crippen molar-refractivity contribution < 1.29 is 13.9 Å². The van der Waals surface area contributed by atoms with E-state index in [0.717, 1.165) is 25.7 Å². The number of tetrazole rings is 1. The van der Waals surface area contributed by atoms with Gasteiger partial charge >= 0.3 is 0 Å². The molecule has 0 radical (unpaired) electrons. The summed E-state index contributed by atoms with van der Waals surface area (Å²) in [5, 5.41) is 15.3. The third-order valence-corrected chi connectivity index (χ3v) is 4.69. The van der Waals surface area contributed by atoms with E-state index in [1.54, 1.807) is 19.2 Å². The van der Waals surface area contributed by atoms with E-state index in [4.69, 9.17) is 4.74 Å². The molecule has 0 aliphatic heterocycles. The van der Waals surface area contributed by atoms with Crippen LogP contribution in [0.2, 0.25) is 0 Å². The average Bonchev–Trinajstić information content (AvgIpc) is 3.12. The fraction of sp³-hybridized carbons (Fsp3) is 0.556. The summed E-state index contributed by atoms with van der Waals surface area (Å²) in [4.78, 5) is 13.5. The summed E-state index contributed by atoms with van der Waals surface area (Å²) < 4.78 is 18.3. The number of halogens is 1. The lowest BCUT2D eigenvalue weighted by molar-refractivity contribution is -0.122. The zero-order chi connectivity index (χ0) is 18.4. The molecule has 3 rings (SSSR count). The summed E-state index contributed by atoms with van der Waals surface area (Å²) in [5.41, 5.74) is 0.710. The van der Waals surface area contributed by atoms with Crippen molar-refractivity contribution in [1.82, 2.24) is 25.5 Å². The fourth-order valence-corrected chi connectivity index (χ4v) is 3.18. The Morgan fingerprint density at radius 2 is 2.00 bits per heavy atom. The Balaban J connectivity index is 1.39. The number of rotatable bonds is 7.